The maximum Gasteiger partial charge on any atom is 0.187 e. The van der Waals surface area contributed by atoms with Gasteiger partial charge in [-0.25, -0.2) is 0 Å². The van der Waals surface area contributed by atoms with Gasteiger partial charge in [0.05, 0.1) is 20.6 Å². The van der Waals surface area contributed by atoms with Crippen molar-refractivity contribution >= 4 is 0 Å². The van der Waals surface area contributed by atoms with Crippen molar-refractivity contribution in [3.8, 4) is 0 Å². The van der Waals surface area contributed by atoms with Gasteiger partial charge in [-0.15, -0.1) is 0 Å². The Morgan fingerprint density at radius 1 is 1.60 bits per heavy atom. The number of hydrogen-bond acceptors (Lipinski definition) is 1. The Morgan fingerprint density at radius 2 is 2.00 bits per heavy atom. The molecule has 0 aromatic heterocycles. The number of likely N-dealkylation sites (N-methyl/N-ethyl adjacent to an activating group) is 1. The number of nitrogens with zero attached hydrogens (tertiary/aromatic N) is 1. The number of rotatable bonds is 3. The van der Waals surface area contributed by atoms with E-state index in [9.17, 15) is 0 Å². The van der Waals surface area contributed by atoms with Gasteiger partial charge in [-0.05, 0) is 6.08 Å². The summed E-state index contributed by atoms with van der Waals surface area (Å²) in [7, 11) is 3.93. The van der Waals surface area contributed by atoms with Gasteiger partial charge < -0.3 is 26.6 Å². The van der Waals surface area contributed by atoms with E-state index in [2.05, 4.69) is 6.58 Å². The Bertz CT molecular complexity index is 102. The fourth-order valence-electron chi connectivity index (χ4n) is 0.485. The van der Waals surface area contributed by atoms with E-state index in [1.165, 1.54) is 0 Å². The highest BCUT2D eigenvalue weighted by atomic mass is 79.9. The quantitative estimate of drug-likeness (QED) is 0.312. The molecule has 1 unspecified atom stereocenters. The van der Waals surface area contributed by atoms with Crippen LogP contribution in [-0.4, -0.2) is 36.5 Å². The van der Waals surface area contributed by atoms with Crippen molar-refractivity contribution < 1.29 is 26.6 Å². The molecule has 62 valence electrons. The summed E-state index contributed by atoms with van der Waals surface area (Å²) in [5.74, 6) is 0. The predicted octanol–water partition coefficient (Wildman–Crippen LogP) is -2.41. The third-order valence-electron chi connectivity index (χ3n) is 1.61. The summed E-state index contributed by atoms with van der Waals surface area (Å²) >= 11 is 0. The fraction of sp³-hybridized carbons (Fsp3) is 0.714. The highest BCUT2D eigenvalue weighted by Gasteiger charge is 2.18. The first-order valence-electron chi connectivity index (χ1n) is 3.12. The molecule has 0 radical (unpaired) electrons. The molecule has 0 saturated heterocycles. The van der Waals surface area contributed by atoms with Crippen molar-refractivity contribution in [1.82, 2.24) is 0 Å². The van der Waals surface area contributed by atoms with Crippen LogP contribution in [0.3, 0.4) is 0 Å². The van der Waals surface area contributed by atoms with Crippen LogP contribution < -0.4 is 17.0 Å². The van der Waals surface area contributed by atoms with Crippen molar-refractivity contribution in [3.63, 3.8) is 0 Å². The van der Waals surface area contributed by atoms with Crippen molar-refractivity contribution in [3.05, 3.63) is 12.7 Å². The molecule has 0 amide bonds. The van der Waals surface area contributed by atoms with Gasteiger partial charge in [0.15, 0.2) is 6.23 Å². The average Bonchev–Trinajstić information content (AvgIpc) is 1.65. The largest absolute Gasteiger partial charge is 1.00 e. The summed E-state index contributed by atoms with van der Waals surface area (Å²) < 4.78 is 0.587. The van der Waals surface area contributed by atoms with Crippen LogP contribution in [0, 0.1) is 0 Å². The molecule has 0 saturated carbocycles. The van der Waals surface area contributed by atoms with Gasteiger partial charge in [-0.1, -0.05) is 6.58 Å². The molecule has 1 N–H and O–H groups in total. The molecule has 0 aromatic rings. The second kappa shape index (κ2) is 4.88. The van der Waals surface area contributed by atoms with Crippen molar-refractivity contribution in [2.24, 2.45) is 0 Å². The average molecular weight is 210 g/mol. The molecule has 10 heavy (non-hydrogen) atoms. The van der Waals surface area contributed by atoms with Gasteiger partial charge in [0.1, 0.15) is 0 Å². The zero-order valence-electron chi connectivity index (χ0n) is 6.84. The monoisotopic (exact) mass is 209 g/mol. The fourth-order valence-corrected chi connectivity index (χ4v) is 0.485. The topological polar surface area (TPSA) is 20.2 Å². The first kappa shape index (κ1) is 12.8. The molecule has 3 heteroatoms. The molecule has 2 nitrogen and oxygen atoms in total. The molecule has 0 spiro atoms. The lowest BCUT2D eigenvalue weighted by Crippen LogP contribution is -3.00. The van der Waals surface area contributed by atoms with E-state index in [4.69, 9.17) is 5.11 Å². The van der Waals surface area contributed by atoms with E-state index in [1.54, 1.807) is 6.92 Å². The van der Waals surface area contributed by atoms with E-state index in [0.29, 0.717) is 4.48 Å². The molecule has 0 rings (SSSR count). The molecule has 0 bridgehead atoms. The molecule has 0 aliphatic carbocycles. The smallest absolute Gasteiger partial charge is 0.187 e. The Labute approximate surface area is 73.5 Å². The maximum atomic E-state index is 9.14. The predicted molar refractivity (Wildman–Crippen MR) is 38.9 cm³/mol. The van der Waals surface area contributed by atoms with Crippen LogP contribution in [0.25, 0.3) is 0 Å². The summed E-state index contributed by atoms with van der Waals surface area (Å²) in [4.78, 5) is 0. The highest BCUT2D eigenvalue weighted by Crippen LogP contribution is 2.01. The standard InChI is InChI=1S/C7H16NO.BrH/c1-5-6-8(3,4)7(2)9;/h5,7,9H,1,6H2,2-4H3;1H/q+1;/p-1. The summed E-state index contributed by atoms with van der Waals surface area (Å²) in [5, 5.41) is 9.14. The lowest BCUT2D eigenvalue weighted by Gasteiger charge is -2.31. The van der Waals surface area contributed by atoms with Crippen LogP contribution in [0.15, 0.2) is 12.7 Å². The minimum absolute atomic E-state index is 0. The van der Waals surface area contributed by atoms with Gasteiger partial charge in [-0.2, -0.15) is 0 Å². The number of aliphatic hydroxyl groups excluding tert-OH is 1. The number of quaternary nitrogens is 1. The summed E-state index contributed by atoms with van der Waals surface area (Å²) in [5.41, 5.74) is 0. The maximum absolute atomic E-state index is 9.14. The Morgan fingerprint density at radius 3 is 2.10 bits per heavy atom. The Kier molecular flexibility index (Phi) is 6.24. The lowest BCUT2D eigenvalue weighted by molar-refractivity contribution is -0.929. The Balaban J connectivity index is 0. The number of hydrogen-bond donors (Lipinski definition) is 1. The van der Waals surface area contributed by atoms with E-state index < -0.39 is 0 Å². The van der Waals surface area contributed by atoms with E-state index in [-0.39, 0.29) is 23.2 Å². The minimum atomic E-state index is -0.317. The second-order valence-corrected chi connectivity index (χ2v) is 2.88. The molecule has 0 aliphatic rings. The molecule has 0 heterocycles. The molecular weight excluding hydrogens is 194 g/mol. The molecule has 0 fully saturated rings. The van der Waals surface area contributed by atoms with Gasteiger partial charge in [0.25, 0.3) is 0 Å². The van der Waals surface area contributed by atoms with Crippen LogP contribution in [0.5, 0.6) is 0 Å². The molecule has 1 atom stereocenters. The Hall–Kier alpha value is 0.140. The normalized spacial score (nSPS) is 13.6. The van der Waals surface area contributed by atoms with E-state index >= 15 is 0 Å². The summed E-state index contributed by atoms with van der Waals surface area (Å²) in [6.45, 7) is 6.19. The van der Waals surface area contributed by atoms with Crippen molar-refractivity contribution in [2.45, 2.75) is 13.2 Å². The van der Waals surface area contributed by atoms with Gasteiger partial charge in [-0.3, -0.25) is 0 Å². The SMILES string of the molecule is C=CC[N+](C)(C)C(C)O.[Br-]. The van der Waals surface area contributed by atoms with E-state index in [1.807, 2.05) is 20.2 Å². The van der Waals surface area contributed by atoms with Gasteiger partial charge in [0, 0.05) is 6.92 Å². The van der Waals surface area contributed by atoms with Crippen molar-refractivity contribution in [1.29, 1.82) is 0 Å². The van der Waals surface area contributed by atoms with Crippen LogP contribution in [0.4, 0.5) is 0 Å². The van der Waals surface area contributed by atoms with Gasteiger partial charge in [0.2, 0.25) is 0 Å². The third kappa shape index (κ3) is 4.04. The minimum Gasteiger partial charge on any atom is -1.00 e. The molecular formula is C7H16BrNO. The van der Waals surface area contributed by atoms with Crippen LogP contribution in [-0.2, 0) is 0 Å². The zero-order valence-corrected chi connectivity index (χ0v) is 8.43. The second-order valence-electron chi connectivity index (χ2n) is 2.88. The first-order chi connectivity index (χ1) is 4.00. The highest BCUT2D eigenvalue weighted by molar-refractivity contribution is 4.64. The summed E-state index contributed by atoms with van der Waals surface area (Å²) in [6, 6.07) is 0. The number of aliphatic hydroxyl groups is 1. The van der Waals surface area contributed by atoms with Gasteiger partial charge >= 0.3 is 0 Å². The first-order valence-corrected chi connectivity index (χ1v) is 3.12. The third-order valence-corrected chi connectivity index (χ3v) is 1.61. The zero-order chi connectivity index (χ0) is 7.49. The van der Waals surface area contributed by atoms with Crippen LogP contribution in [0.1, 0.15) is 6.92 Å². The van der Waals surface area contributed by atoms with Crippen molar-refractivity contribution in [2.75, 3.05) is 20.6 Å². The lowest BCUT2D eigenvalue weighted by atomic mass is 10.4. The number of halogens is 1. The van der Waals surface area contributed by atoms with Crippen LogP contribution >= 0.6 is 0 Å². The summed E-state index contributed by atoms with van der Waals surface area (Å²) in [6.07, 6.45) is 1.50. The molecule has 0 aliphatic heterocycles. The van der Waals surface area contributed by atoms with Crippen LogP contribution in [0.2, 0.25) is 0 Å². The van der Waals surface area contributed by atoms with E-state index in [0.717, 1.165) is 6.54 Å². The molecule has 0 aromatic carbocycles.